The number of benzene rings is 1. The lowest BCUT2D eigenvalue weighted by atomic mass is 9.90. The molecule has 0 bridgehead atoms. The van der Waals surface area contributed by atoms with Gasteiger partial charge in [0.2, 0.25) is 0 Å². The number of carbonyl (C=O) groups excluding carboxylic acids is 1. The van der Waals surface area contributed by atoms with Gasteiger partial charge in [0.25, 0.3) is 0 Å². The Morgan fingerprint density at radius 1 is 1.14 bits per heavy atom. The van der Waals surface area contributed by atoms with Gasteiger partial charge in [-0.05, 0) is 49.4 Å². The van der Waals surface area contributed by atoms with Crippen molar-refractivity contribution in [1.29, 1.82) is 0 Å². The number of rotatable bonds is 2. The fraction of sp³-hybridized carbons (Fsp3) is 0.588. The minimum Gasteiger partial charge on any atom is -0.322 e. The molecular weight excluding hydrogens is 262 g/mol. The summed E-state index contributed by atoms with van der Waals surface area (Å²) in [5, 5.41) is 3.14. The molecule has 1 aromatic rings. The number of amides is 2. The summed E-state index contributed by atoms with van der Waals surface area (Å²) >= 11 is 0. The molecule has 1 aromatic carbocycles. The maximum Gasteiger partial charge on any atom is 0.321 e. The van der Waals surface area contributed by atoms with Crippen LogP contribution in [0.2, 0.25) is 0 Å². The second kappa shape index (κ2) is 6.48. The molecule has 1 aliphatic carbocycles. The predicted molar refractivity (Wildman–Crippen MR) is 85.8 cm³/mol. The van der Waals surface area contributed by atoms with Crippen LogP contribution in [0.25, 0.3) is 0 Å². The summed E-state index contributed by atoms with van der Waals surface area (Å²) < 4.78 is 0. The van der Waals surface area contributed by atoms with Crippen LogP contribution in [0.3, 0.4) is 0 Å². The van der Waals surface area contributed by atoms with Crippen LogP contribution in [0, 0.1) is 0 Å². The average Bonchev–Trinajstić information content (AvgIpc) is 2.55. The van der Waals surface area contributed by atoms with E-state index in [1.165, 1.54) is 24.0 Å². The molecule has 4 nitrogen and oxygen atoms in total. The van der Waals surface area contributed by atoms with Crippen LogP contribution in [0.15, 0.2) is 18.2 Å². The first-order valence-electron chi connectivity index (χ1n) is 8.17. The Hall–Kier alpha value is -1.55. The number of fused-ring (bicyclic) bond motifs is 1. The molecule has 4 heteroatoms. The van der Waals surface area contributed by atoms with Crippen LogP contribution < -0.4 is 5.32 Å². The number of hydrogen-bond donors (Lipinski definition) is 1. The molecular formula is C17H25N3O. The van der Waals surface area contributed by atoms with E-state index < -0.39 is 0 Å². The predicted octanol–water partition coefficient (Wildman–Crippen LogP) is 2.73. The van der Waals surface area contributed by atoms with Crippen molar-refractivity contribution >= 4 is 11.7 Å². The number of carbonyl (C=O) groups is 1. The Balaban J connectivity index is 1.65. The Morgan fingerprint density at radius 3 is 2.67 bits per heavy atom. The van der Waals surface area contributed by atoms with E-state index in [9.17, 15) is 4.79 Å². The molecule has 21 heavy (non-hydrogen) atoms. The molecule has 0 unspecified atom stereocenters. The quantitative estimate of drug-likeness (QED) is 0.908. The summed E-state index contributed by atoms with van der Waals surface area (Å²) in [7, 11) is 0. The van der Waals surface area contributed by atoms with Gasteiger partial charge in [-0.1, -0.05) is 19.1 Å². The van der Waals surface area contributed by atoms with E-state index in [4.69, 9.17) is 0 Å². The van der Waals surface area contributed by atoms with Gasteiger partial charge in [0.1, 0.15) is 0 Å². The zero-order chi connectivity index (χ0) is 14.7. The molecule has 0 saturated carbocycles. The molecule has 0 aromatic heterocycles. The van der Waals surface area contributed by atoms with E-state index in [2.05, 4.69) is 29.3 Å². The smallest absolute Gasteiger partial charge is 0.321 e. The van der Waals surface area contributed by atoms with Crippen molar-refractivity contribution in [2.24, 2.45) is 0 Å². The summed E-state index contributed by atoms with van der Waals surface area (Å²) in [4.78, 5) is 16.8. The molecule has 1 heterocycles. The van der Waals surface area contributed by atoms with Crippen LogP contribution in [0.4, 0.5) is 10.5 Å². The SMILES string of the molecule is CCN1CCN(C(=O)Nc2cccc3c2CCCC3)CC1. The lowest BCUT2D eigenvalue weighted by Crippen LogP contribution is -2.49. The standard InChI is InChI=1S/C17H25N3O/c1-2-19-10-12-20(13-11-19)17(21)18-16-9-5-7-14-6-3-4-8-15(14)16/h5,7,9H,2-4,6,8,10-13H2,1H3,(H,18,21). The van der Waals surface area contributed by atoms with Gasteiger partial charge >= 0.3 is 6.03 Å². The van der Waals surface area contributed by atoms with Crippen LogP contribution >= 0.6 is 0 Å². The first-order chi connectivity index (χ1) is 10.3. The van der Waals surface area contributed by atoms with Gasteiger partial charge in [-0.25, -0.2) is 4.79 Å². The van der Waals surface area contributed by atoms with Gasteiger partial charge in [0.05, 0.1) is 0 Å². The molecule has 2 aliphatic rings. The van der Waals surface area contributed by atoms with Crippen LogP contribution in [-0.2, 0) is 12.8 Å². The highest BCUT2D eigenvalue weighted by Crippen LogP contribution is 2.28. The van der Waals surface area contributed by atoms with E-state index in [0.717, 1.165) is 51.3 Å². The molecule has 1 saturated heterocycles. The van der Waals surface area contributed by atoms with Gasteiger partial charge in [-0.15, -0.1) is 0 Å². The number of aryl methyl sites for hydroxylation is 1. The molecule has 2 amide bonds. The molecule has 114 valence electrons. The largest absolute Gasteiger partial charge is 0.322 e. The highest BCUT2D eigenvalue weighted by molar-refractivity contribution is 5.90. The zero-order valence-electron chi connectivity index (χ0n) is 12.9. The number of piperazine rings is 1. The third kappa shape index (κ3) is 3.21. The summed E-state index contributed by atoms with van der Waals surface area (Å²) in [6, 6.07) is 6.37. The maximum absolute atomic E-state index is 12.4. The minimum atomic E-state index is 0.0599. The molecule has 3 rings (SSSR count). The van der Waals surface area contributed by atoms with Crippen molar-refractivity contribution in [3.05, 3.63) is 29.3 Å². The number of anilines is 1. The normalized spacial score (nSPS) is 19.2. The van der Waals surface area contributed by atoms with E-state index in [0.29, 0.717) is 0 Å². The van der Waals surface area contributed by atoms with Crippen LogP contribution in [-0.4, -0.2) is 48.6 Å². The highest BCUT2D eigenvalue weighted by Gasteiger charge is 2.21. The van der Waals surface area contributed by atoms with Crippen LogP contribution in [0.5, 0.6) is 0 Å². The highest BCUT2D eigenvalue weighted by atomic mass is 16.2. The van der Waals surface area contributed by atoms with Crippen LogP contribution in [0.1, 0.15) is 30.9 Å². The molecule has 1 fully saturated rings. The Morgan fingerprint density at radius 2 is 1.90 bits per heavy atom. The molecule has 1 N–H and O–H groups in total. The number of nitrogens with one attached hydrogen (secondary N) is 1. The molecule has 0 radical (unpaired) electrons. The van der Waals surface area contributed by atoms with Crippen molar-refractivity contribution in [1.82, 2.24) is 9.80 Å². The fourth-order valence-electron chi connectivity index (χ4n) is 3.36. The summed E-state index contributed by atoms with van der Waals surface area (Å²) in [6.45, 7) is 6.87. The van der Waals surface area contributed by atoms with Gasteiger partial charge < -0.3 is 15.1 Å². The number of urea groups is 1. The summed E-state index contributed by atoms with van der Waals surface area (Å²) in [5.74, 6) is 0. The third-order valence-corrected chi connectivity index (χ3v) is 4.74. The van der Waals surface area contributed by atoms with Gasteiger partial charge in [0.15, 0.2) is 0 Å². The lowest BCUT2D eigenvalue weighted by molar-refractivity contribution is 0.151. The number of nitrogens with zero attached hydrogens (tertiary/aromatic N) is 2. The molecule has 0 spiro atoms. The van der Waals surface area contributed by atoms with E-state index >= 15 is 0 Å². The Bertz CT molecular complexity index is 507. The van der Waals surface area contributed by atoms with Crippen molar-refractivity contribution in [3.8, 4) is 0 Å². The first kappa shape index (κ1) is 14.4. The second-order valence-electron chi connectivity index (χ2n) is 6.00. The first-order valence-corrected chi connectivity index (χ1v) is 8.17. The number of hydrogen-bond acceptors (Lipinski definition) is 2. The Labute approximate surface area is 127 Å². The lowest BCUT2D eigenvalue weighted by Gasteiger charge is -2.34. The summed E-state index contributed by atoms with van der Waals surface area (Å²) in [6.07, 6.45) is 4.74. The van der Waals surface area contributed by atoms with Crippen molar-refractivity contribution in [3.63, 3.8) is 0 Å². The van der Waals surface area contributed by atoms with Crippen molar-refractivity contribution in [2.45, 2.75) is 32.6 Å². The van der Waals surface area contributed by atoms with E-state index in [1.807, 2.05) is 11.0 Å². The van der Waals surface area contributed by atoms with Gasteiger partial charge in [0, 0.05) is 31.9 Å². The molecule has 0 atom stereocenters. The second-order valence-corrected chi connectivity index (χ2v) is 6.00. The molecule has 1 aliphatic heterocycles. The Kier molecular flexibility index (Phi) is 4.44. The number of likely N-dealkylation sites (N-methyl/N-ethyl adjacent to an activating group) is 1. The zero-order valence-corrected chi connectivity index (χ0v) is 12.9. The van der Waals surface area contributed by atoms with Gasteiger partial charge in [-0.3, -0.25) is 0 Å². The topological polar surface area (TPSA) is 35.6 Å². The summed E-state index contributed by atoms with van der Waals surface area (Å²) in [5.41, 5.74) is 3.79. The van der Waals surface area contributed by atoms with E-state index in [1.54, 1.807) is 0 Å². The van der Waals surface area contributed by atoms with E-state index in [-0.39, 0.29) is 6.03 Å². The fourth-order valence-corrected chi connectivity index (χ4v) is 3.36. The van der Waals surface area contributed by atoms with Crippen molar-refractivity contribution in [2.75, 3.05) is 38.0 Å². The van der Waals surface area contributed by atoms with Gasteiger partial charge in [-0.2, -0.15) is 0 Å². The third-order valence-electron chi connectivity index (χ3n) is 4.74. The van der Waals surface area contributed by atoms with Crippen molar-refractivity contribution < 1.29 is 4.79 Å². The minimum absolute atomic E-state index is 0.0599. The monoisotopic (exact) mass is 287 g/mol. The maximum atomic E-state index is 12.4. The average molecular weight is 287 g/mol.